The van der Waals surface area contributed by atoms with Crippen LogP contribution in [0.15, 0.2) is 0 Å². The van der Waals surface area contributed by atoms with Crippen molar-refractivity contribution in [2.75, 3.05) is 13.1 Å². The summed E-state index contributed by atoms with van der Waals surface area (Å²) in [6.45, 7) is 4.47. The number of piperidine rings is 1. The lowest BCUT2D eigenvalue weighted by Crippen LogP contribution is -2.42. The molecule has 1 saturated heterocycles. The monoisotopic (exact) mass is 211 g/mol. The van der Waals surface area contributed by atoms with E-state index in [1.165, 1.54) is 4.80 Å². The molecule has 15 heavy (non-hydrogen) atoms. The van der Waals surface area contributed by atoms with E-state index < -0.39 is 0 Å². The Morgan fingerprint density at radius 3 is 2.93 bits per heavy atom. The van der Waals surface area contributed by atoms with Crippen LogP contribution in [-0.2, 0) is 13.6 Å². The van der Waals surface area contributed by atoms with Crippen molar-refractivity contribution in [3.8, 4) is 0 Å². The van der Waals surface area contributed by atoms with Gasteiger partial charge >= 0.3 is 0 Å². The van der Waals surface area contributed by atoms with Gasteiger partial charge in [0, 0.05) is 6.54 Å². The summed E-state index contributed by atoms with van der Waals surface area (Å²) in [7, 11) is 1.75. The number of nitrogens with zero attached hydrogens (tertiary/aromatic N) is 5. The molecule has 1 N–H and O–H groups in total. The number of rotatable bonds is 2. The first kappa shape index (κ1) is 10.5. The average molecular weight is 211 g/mol. The third-order valence-electron chi connectivity index (χ3n) is 2.92. The van der Waals surface area contributed by atoms with E-state index in [4.69, 9.17) is 0 Å². The molecule has 2 heterocycles. The van der Waals surface area contributed by atoms with Crippen molar-refractivity contribution >= 4 is 0 Å². The van der Waals surface area contributed by atoms with Crippen molar-refractivity contribution in [2.45, 2.75) is 26.0 Å². The smallest absolute Gasteiger partial charge is 0.188 e. The molecule has 1 aliphatic rings. The van der Waals surface area contributed by atoms with E-state index in [0.717, 1.165) is 18.8 Å². The lowest BCUT2D eigenvalue weighted by atomic mass is 9.96. The second kappa shape index (κ2) is 4.24. The number of tetrazole rings is 1. The molecule has 1 fully saturated rings. The Balaban J connectivity index is 1.90. The third kappa shape index (κ3) is 2.51. The van der Waals surface area contributed by atoms with Crippen LogP contribution in [-0.4, -0.2) is 49.4 Å². The van der Waals surface area contributed by atoms with Crippen molar-refractivity contribution in [1.82, 2.24) is 25.1 Å². The van der Waals surface area contributed by atoms with Crippen LogP contribution in [0, 0.1) is 5.92 Å². The van der Waals surface area contributed by atoms with Gasteiger partial charge in [0.25, 0.3) is 0 Å². The zero-order valence-corrected chi connectivity index (χ0v) is 9.17. The van der Waals surface area contributed by atoms with Crippen molar-refractivity contribution in [3.63, 3.8) is 0 Å². The fraction of sp³-hybridized carbons (Fsp3) is 0.889. The molecule has 84 valence electrons. The van der Waals surface area contributed by atoms with Crippen LogP contribution < -0.4 is 0 Å². The van der Waals surface area contributed by atoms with E-state index in [2.05, 4.69) is 27.2 Å². The molecule has 2 rings (SSSR count). The molecule has 2 atom stereocenters. The second-order valence-corrected chi connectivity index (χ2v) is 4.26. The summed E-state index contributed by atoms with van der Waals surface area (Å²) in [6.07, 6.45) is 0.803. The van der Waals surface area contributed by atoms with Gasteiger partial charge in [-0.2, -0.15) is 4.80 Å². The number of hydrogen-bond acceptors (Lipinski definition) is 5. The molecule has 1 aromatic heterocycles. The third-order valence-corrected chi connectivity index (χ3v) is 2.92. The van der Waals surface area contributed by atoms with Crippen LogP contribution in [0.2, 0.25) is 0 Å². The minimum absolute atomic E-state index is 0.226. The quantitative estimate of drug-likeness (QED) is 0.708. The van der Waals surface area contributed by atoms with Gasteiger partial charge in [-0.15, -0.1) is 10.2 Å². The number of hydrogen-bond donors (Lipinski definition) is 1. The van der Waals surface area contributed by atoms with Crippen molar-refractivity contribution in [3.05, 3.63) is 5.82 Å². The molecule has 1 aromatic rings. The van der Waals surface area contributed by atoms with Gasteiger partial charge in [0.05, 0.1) is 19.7 Å². The van der Waals surface area contributed by atoms with Crippen LogP contribution in [0.5, 0.6) is 0 Å². The Bertz CT molecular complexity index is 326. The van der Waals surface area contributed by atoms with Gasteiger partial charge < -0.3 is 5.11 Å². The minimum atomic E-state index is -0.226. The highest BCUT2D eigenvalue weighted by Crippen LogP contribution is 2.17. The summed E-state index contributed by atoms with van der Waals surface area (Å²) >= 11 is 0. The molecular weight excluding hydrogens is 194 g/mol. The number of aromatic nitrogens is 4. The normalized spacial score (nSPS) is 28.2. The maximum absolute atomic E-state index is 9.73. The molecule has 0 aromatic carbocycles. The predicted molar refractivity (Wildman–Crippen MR) is 53.9 cm³/mol. The topological polar surface area (TPSA) is 67.1 Å². The van der Waals surface area contributed by atoms with E-state index in [9.17, 15) is 5.11 Å². The average Bonchev–Trinajstić information content (AvgIpc) is 2.58. The molecule has 0 aliphatic carbocycles. The summed E-state index contributed by atoms with van der Waals surface area (Å²) in [4.78, 5) is 3.63. The Morgan fingerprint density at radius 1 is 1.53 bits per heavy atom. The molecule has 2 unspecified atom stereocenters. The molecule has 0 radical (unpaired) electrons. The van der Waals surface area contributed by atoms with Gasteiger partial charge in [-0.3, -0.25) is 4.90 Å². The fourth-order valence-electron chi connectivity index (χ4n) is 1.84. The molecule has 1 aliphatic heterocycles. The Labute approximate surface area is 88.9 Å². The summed E-state index contributed by atoms with van der Waals surface area (Å²) in [5.41, 5.74) is 0. The summed E-state index contributed by atoms with van der Waals surface area (Å²) in [5.74, 6) is 1.12. The number of likely N-dealkylation sites (tertiary alicyclic amines) is 1. The van der Waals surface area contributed by atoms with E-state index in [1.807, 2.05) is 0 Å². The zero-order valence-electron chi connectivity index (χ0n) is 9.17. The Hall–Kier alpha value is -1.01. The van der Waals surface area contributed by atoms with Gasteiger partial charge in [0.2, 0.25) is 0 Å². The van der Waals surface area contributed by atoms with Crippen molar-refractivity contribution < 1.29 is 5.11 Å². The molecule has 6 heteroatoms. The first-order chi connectivity index (χ1) is 7.15. The molecule has 0 bridgehead atoms. The first-order valence-electron chi connectivity index (χ1n) is 5.28. The number of aliphatic hydroxyl groups excluding tert-OH is 1. The fourth-order valence-corrected chi connectivity index (χ4v) is 1.84. The zero-order chi connectivity index (χ0) is 10.8. The van der Waals surface area contributed by atoms with Crippen LogP contribution in [0.25, 0.3) is 0 Å². The van der Waals surface area contributed by atoms with Gasteiger partial charge in [-0.05, 0) is 24.1 Å². The number of β-amino-alcohol motifs (C(OH)–C–C–N with tert-alkyl or cyclic N) is 1. The lowest BCUT2D eigenvalue weighted by Gasteiger charge is -2.33. The highest BCUT2D eigenvalue weighted by molar-refractivity contribution is 4.82. The predicted octanol–water partition coefficient (Wildman–Crippen LogP) is -0.587. The molecular formula is C9H17N5O. The SMILES string of the molecule is CC1CCN(Cc2nnn(C)n2)CC1O. The van der Waals surface area contributed by atoms with E-state index in [0.29, 0.717) is 19.0 Å². The number of aryl methyl sites for hydroxylation is 1. The van der Waals surface area contributed by atoms with Crippen molar-refractivity contribution in [1.29, 1.82) is 0 Å². The van der Waals surface area contributed by atoms with Gasteiger partial charge in [0.15, 0.2) is 5.82 Å². The molecule has 0 spiro atoms. The van der Waals surface area contributed by atoms with E-state index in [-0.39, 0.29) is 6.10 Å². The van der Waals surface area contributed by atoms with E-state index in [1.54, 1.807) is 7.05 Å². The lowest BCUT2D eigenvalue weighted by molar-refractivity contribution is 0.0249. The molecule has 6 nitrogen and oxygen atoms in total. The van der Waals surface area contributed by atoms with Gasteiger partial charge in [-0.1, -0.05) is 6.92 Å². The summed E-state index contributed by atoms with van der Waals surface area (Å²) in [6, 6.07) is 0. The van der Waals surface area contributed by atoms with Gasteiger partial charge in [-0.25, -0.2) is 0 Å². The molecule has 0 amide bonds. The maximum atomic E-state index is 9.73. The van der Waals surface area contributed by atoms with Crippen LogP contribution >= 0.6 is 0 Å². The molecule has 0 saturated carbocycles. The van der Waals surface area contributed by atoms with E-state index >= 15 is 0 Å². The highest BCUT2D eigenvalue weighted by atomic mass is 16.3. The first-order valence-corrected chi connectivity index (χ1v) is 5.28. The standard InChI is InChI=1S/C9H17N5O/c1-7-3-4-14(5-8(7)15)6-9-10-12-13(2)11-9/h7-8,15H,3-6H2,1-2H3. The Morgan fingerprint density at radius 2 is 2.33 bits per heavy atom. The van der Waals surface area contributed by atoms with Crippen LogP contribution in [0.4, 0.5) is 0 Å². The maximum Gasteiger partial charge on any atom is 0.188 e. The largest absolute Gasteiger partial charge is 0.392 e. The number of aliphatic hydroxyl groups is 1. The minimum Gasteiger partial charge on any atom is -0.392 e. The second-order valence-electron chi connectivity index (χ2n) is 4.26. The highest BCUT2D eigenvalue weighted by Gasteiger charge is 2.24. The van der Waals surface area contributed by atoms with Crippen molar-refractivity contribution in [2.24, 2.45) is 13.0 Å². The van der Waals surface area contributed by atoms with Gasteiger partial charge in [0.1, 0.15) is 0 Å². The van der Waals surface area contributed by atoms with Crippen LogP contribution in [0.1, 0.15) is 19.2 Å². The summed E-state index contributed by atoms with van der Waals surface area (Å²) < 4.78 is 0. The van der Waals surface area contributed by atoms with Crippen LogP contribution in [0.3, 0.4) is 0 Å². The summed E-state index contributed by atoms with van der Waals surface area (Å²) in [5, 5.41) is 21.6. The Kier molecular flexibility index (Phi) is 2.97.